The fourth-order valence-corrected chi connectivity index (χ4v) is 2.20. The second-order valence-electron chi connectivity index (χ2n) is 5.40. The summed E-state index contributed by atoms with van der Waals surface area (Å²) < 4.78 is 21.3. The molecule has 2 aromatic rings. The molecule has 26 heavy (non-hydrogen) atoms. The third-order valence-corrected chi connectivity index (χ3v) is 3.44. The Labute approximate surface area is 154 Å². The molecule has 1 N–H and O–H groups in total. The second-order valence-corrected chi connectivity index (χ2v) is 5.40. The molecule has 0 spiro atoms. The summed E-state index contributed by atoms with van der Waals surface area (Å²) in [5.74, 6) is 1.09. The molecule has 0 saturated heterocycles. The molecule has 0 aromatic heterocycles. The number of amides is 1. The lowest BCUT2D eigenvalue weighted by molar-refractivity contribution is 0.102. The average molecular weight is 359 g/mol. The van der Waals surface area contributed by atoms with Crippen LogP contribution in [0.2, 0.25) is 0 Å². The molecule has 0 saturated carbocycles. The number of anilines is 1. The molecule has 0 unspecified atom stereocenters. The Morgan fingerprint density at radius 3 is 2.35 bits per heavy atom. The highest BCUT2D eigenvalue weighted by Gasteiger charge is 2.08. The van der Waals surface area contributed by atoms with Crippen LogP contribution in [0.4, 0.5) is 5.69 Å². The van der Waals surface area contributed by atoms with Gasteiger partial charge >= 0.3 is 0 Å². The number of carbonyl (C=O) groups excluding carboxylic acids is 1. The quantitative estimate of drug-likeness (QED) is 0.623. The van der Waals surface area contributed by atoms with Gasteiger partial charge in [-0.2, -0.15) is 0 Å². The Kier molecular flexibility index (Phi) is 8.45. The van der Waals surface area contributed by atoms with Crippen molar-refractivity contribution in [2.45, 2.75) is 6.92 Å². The molecular weight excluding hydrogens is 334 g/mol. The van der Waals surface area contributed by atoms with Crippen LogP contribution >= 0.6 is 0 Å². The van der Waals surface area contributed by atoms with Crippen molar-refractivity contribution in [3.05, 3.63) is 54.1 Å². The fraction of sp³-hybridized carbons (Fsp3) is 0.350. The number of rotatable bonds is 11. The predicted molar refractivity (Wildman–Crippen MR) is 100 cm³/mol. The van der Waals surface area contributed by atoms with Gasteiger partial charge in [-0.15, -0.1) is 0 Å². The first-order chi connectivity index (χ1) is 12.7. The van der Waals surface area contributed by atoms with E-state index in [4.69, 9.17) is 18.9 Å². The van der Waals surface area contributed by atoms with Crippen molar-refractivity contribution in [3.63, 3.8) is 0 Å². The van der Waals surface area contributed by atoms with Crippen molar-refractivity contribution in [2.75, 3.05) is 45.5 Å². The van der Waals surface area contributed by atoms with E-state index in [2.05, 4.69) is 5.32 Å². The van der Waals surface area contributed by atoms with Crippen LogP contribution in [-0.4, -0.2) is 46.1 Å². The molecule has 2 rings (SSSR count). The maximum atomic E-state index is 12.5. The number of methoxy groups -OCH3 is 1. The molecule has 0 aliphatic carbocycles. The Hall–Kier alpha value is -2.57. The van der Waals surface area contributed by atoms with Crippen LogP contribution in [0.5, 0.6) is 11.5 Å². The van der Waals surface area contributed by atoms with Crippen molar-refractivity contribution < 1.29 is 23.7 Å². The summed E-state index contributed by atoms with van der Waals surface area (Å²) >= 11 is 0. The maximum Gasteiger partial charge on any atom is 0.255 e. The monoisotopic (exact) mass is 359 g/mol. The zero-order valence-electron chi connectivity index (χ0n) is 15.2. The molecule has 0 bridgehead atoms. The molecule has 6 nitrogen and oxygen atoms in total. The molecule has 0 aliphatic heterocycles. The topological polar surface area (TPSA) is 66.0 Å². The largest absolute Gasteiger partial charge is 0.491 e. The summed E-state index contributed by atoms with van der Waals surface area (Å²) in [4.78, 5) is 12.5. The van der Waals surface area contributed by atoms with E-state index in [9.17, 15) is 4.79 Å². The Bertz CT molecular complexity index is 689. The van der Waals surface area contributed by atoms with Gasteiger partial charge in [0.25, 0.3) is 5.91 Å². The molecule has 0 fully saturated rings. The minimum Gasteiger partial charge on any atom is -0.491 e. The van der Waals surface area contributed by atoms with Gasteiger partial charge in [0.15, 0.2) is 0 Å². The van der Waals surface area contributed by atoms with Crippen LogP contribution < -0.4 is 14.8 Å². The summed E-state index contributed by atoms with van der Waals surface area (Å²) in [5.41, 5.74) is 1.18. The first kappa shape index (κ1) is 19.8. The van der Waals surface area contributed by atoms with Crippen molar-refractivity contribution in [2.24, 2.45) is 0 Å². The summed E-state index contributed by atoms with van der Waals surface area (Å²) in [6.45, 7) is 4.51. The average Bonchev–Trinajstić information content (AvgIpc) is 2.66. The Balaban J connectivity index is 1.93. The lowest BCUT2D eigenvalue weighted by atomic mass is 10.2. The number of carbonyl (C=O) groups is 1. The summed E-state index contributed by atoms with van der Waals surface area (Å²) in [7, 11) is 1.62. The summed E-state index contributed by atoms with van der Waals surface area (Å²) in [5, 5.41) is 2.86. The van der Waals surface area contributed by atoms with E-state index in [1.54, 1.807) is 31.4 Å². The smallest absolute Gasteiger partial charge is 0.255 e. The van der Waals surface area contributed by atoms with Gasteiger partial charge in [0.1, 0.15) is 24.7 Å². The molecule has 1 amide bonds. The van der Waals surface area contributed by atoms with Gasteiger partial charge in [0, 0.05) is 31.0 Å². The van der Waals surface area contributed by atoms with Crippen molar-refractivity contribution in [1.82, 2.24) is 0 Å². The minimum atomic E-state index is -0.214. The first-order valence-electron chi connectivity index (χ1n) is 8.56. The normalized spacial score (nSPS) is 10.4. The third kappa shape index (κ3) is 6.74. The van der Waals surface area contributed by atoms with Crippen molar-refractivity contribution in [1.29, 1.82) is 0 Å². The van der Waals surface area contributed by atoms with Gasteiger partial charge in [-0.3, -0.25) is 4.79 Å². The number of benzene rings is 2. The van der Waals surface area contributed by atoms with Gasteiger partial charge < -0.3 is 24.3 Å². The predicted octanol–water partition coefficient (Wildman–Crippen LogP) is 3.38. The van der Waals surface area contributed by atoms with Crippen LogP contribution in [0, 0.1) is 0 Å². The number of hydrogen-bond acceptors (Lipinski definition) is 5. The van der Waals surface area contributed by atoms with Gasteiger partial charge in [0.05, 0.1) is 13.2 Å². The van der Waals surface area contributed by atoms with E-state index in [-0.39, 0.29) is 5.91 Å². The van der Waals surface area contributed by atoms with Gasteiger partial charge in [0.2, 0.25) is 0 Å². The van der Waals surface area contributed by atoms with Gasteiger partial charge in [-0.1, -0.05) is 12.1 Å². The van der Waals surface area contributed by atoms with Crippen molar-refractivity contribution >= 4 is 11.6 Å². The molecular formula is C20H25NO5. The highest BCUT2D eigenvalue weighted by Crippen LogP contribution is 2.19. The third-order valence-electron chi connectivity index (χ3n) is 3.44. The standard InChI is InChI=1S/C20H25NO5/c1-3-24-11-13-26-18-8-4-6-16(14-18)20(22)21-17-7-5-9-19(15-17)25-12-10-23-2/h4-9,14-15H,3,10-13H2,1-2H3,(H,21,22). The van der Waals surface area contributed by atoms with E-state index >= 15 is 0 Å². The van der Waals surface area contributed by atoms with E-state index in [1.807, 2.05) is 31.2 Å². The van der Waals surface area contributed by atoms with E-state index < -0.39 is 0 Å². The summed E-state index contributed by atoms with van der Waals surface area (Å²) in [6.07, 6.45) is 0. The molecule has 2 aromatic carbocycles. The zero-order valence-corrected chi connectivity index (χ0v) is 15.2. The van der Waals surface area contributed by atoms with Crippen LogP contribution in [0.1, 0.15) is 17.3 Å². The lowest BCUT2D eigenvalue weighted by Gasteiger charge is -2.10. The highest BCUT2D eigenvalue weighted by atomic mass is 16.5. The molecule has 0 aliphatic rings. The first-order valence-corrected chi connectivity index (χ1v) is 8.56. The van der Waals surface area contributed by atoms with E-state index in [1.165, 1.54) is 0 Å². The lowest BCUT2D eigenvalue weighted by Crippen LogP contribution is -2.13. The SMILES string of the molecule is CCOCCOc1cccc(C(=O)Nc2cccc(OCCOC)c2)c1. The van der Waals surface area contributed by atoms with Gasteiger partial charge in [-0.25, -0.2) is 0 Å². The second kappa shape index (κ2) is 11.1. The maximum absolute atomic E-state index is 12.5. The molecule has 0 heterocycles. The number of ether oxygens (including phenoxy) is 4. The van der Waals surface area contributed by atoms with Crippen LogP contribution in [0.25, 0.3) is 0 Å². The van der Waals surface area contributed by atoms with Gasteiger partial charge in [-0.05, 0) is 37.3 Å². The van der Waals surface area contributed by atoms with Crippen LogP contribution in [-0.2, 0) is 9.47 Å². The molecule has 140 valence electrons. The highest BCUT2D eigenvalue weighted by molar-refractivity contribution is 6.04. The van der Waals surface area contributed by atoms with E-state index in [0.717, 1.165) is 0 Å². The van der Waals surface area contributed by atoms with Crippen LogP contribution in [0.3, 0.4) is 0 Å². The van der Waals surface area contributed by atoms with E-state index in [0.29, 0.717) is 55.8 Å². The summed E-state index contributed by atoms with van der Waals surface area (Å²) in [6, 6.07) is 14.3. The minimum absolute atomic E-state index is 0.214. The molecule has 0 atom stereocenters. The van der Waals surface area contributed by atoms with Crippen LogP contribution in [0.15, 0.2) is 48.5 Å². The molecule has 6 heteroatoms. The number of hydrogen-bond donors (Lipinski definition) is 1. The zero-order chi connectivity index (χ0) is 18.6. The molecule has 0 radical (unpaired) electrons. The Morgan fingerprint density at radius 2 is 1.62 bits per heavy atom. The number of nitrogens with one attached hydrogen (secondary N) is 1. The fourth-order valence-electron chi connectivity index (χ4n) is 2.20. The Morgan fingerprint density at radius 1 is 0.923 bits per heavy atom. The van der Waals surface area contributed by atoms with Crippen molar-refractivity contribution in [3.8, 4) is 11.5 Å².